The van der Waals surface area contributed by atoms with Crippen molar-refractivity contribution < 1.29 is 37.6 Å². The molecule has 0 bridgehead atoms. The number of rotatable bonds is 38. The lowest BCUT2D eigenvalue weighted by atomic mass is 10.1. The molecular weight excluding hydrogens is 737 g/mol. The van der Waals surface area contributed by atoms with Crippen molar-refractivity contribution >= 4 is 19.8 Å². The molecule has 9 nitrogen and oxygen atoms in total. The summed E-state index contributed by atoms with van der Waals surface area (Å²) in [5.41, 5.74) is 5.34. The zero-order valence-electron chi connectivity index (χ0n) is 35.3. The highest BCUT2D eigenvalue weighted by Gasteiger charge is 2.25. The average molecular weight is 814 g/mol. The van der Waals surface area contributed by atoms with Crippen LogP contribution in [0.1, 0.15) is 142 Å². The van der Waals surface area contributed by atoms with E-state index >= 15 is 0 Å². The fourth-order valence-corrected chi connectivity index (χ4v) is 5.72. The molecule has 10 heteroatoms. The number of carbonyl (C=O) groups is 2. The summed E-state index contributed by atoms with van der Waals surface area (Å²) in [5.74, 6) is -0.974. The first-order valence-electron chi connectivity index (χ1n) is 21.4. The van der Waals surface area contributed by atoms with E-state index in [0.29, 0.717) is 12.8 Å². The normalized spacial score (nSPS) is 14.4. The predicted octanol–water partition coefficient (Wildman–Crippen LogP) is 12.4. The van der Waals surface area contributed by atoms with E-state index in [0.717, 1.165) is 70.6 Å². The first-order chi connectivity index (χ1) is 27.8. The molecule has 0 aromatic heterocycles. The van der Waals surface area contributed by atoms with E-state index < -0.39 is 32.5 Å². The lowest BCUT2D eigenvalue weighted by molar-refractivity contribution is -0.161. The maximum Gasteiger partial charge on any atom is 0.472 e. The molecule has 3 N–H and O–H groups in total. The molecule has 322 valence electrons. The van der Waals surface area contributed by atoms with E-state index in [2.05, 4.69) is 111 Å². The van der Waals surface area contributed by atoms with Crippen LogP contribution in [-0.4, -0.2) is 49.3 Å². The lowest BCUT2D eigenvalue weighted by Gasteiger charge is -2.19. The Bertz CT molecular complexity index is 1290. The molecule has 57 heavy (non-hydrogen) atoms. The Hall–Kier alpha value is -3.33. The van der Waals surface area contributed by atoms with Gasteiger partial charge < -0.3 is 20.1 Å². The molecular formula is C47H76NO8P. The maximum atomic E-state index is 12.6. The summed E-state index contributed by atoms with van der Waals surface area (Å²) in [6.07, 6.45) is 55.6. The van der Waals surface area contributed by atoms with Crippen molar-refractivity contribution in [2.75, 3.05) is 26.4 Å². The van der Waals surface area contributed by atoms with Crippen molar-refractivity contribution in [3.8, 4) is 0 Å². The second-order valence-corrected chi connectivity index (χ2v) is 14.9. The second kappa shape index (κ2) is 42.3. The summed E-state index contributed by atoms with van der Waals surface area (Å²) in [6.45, 7) is 3.48. The zero-order valence-corrected chi connectivity index (χ0v) is 36.2. The van der Waals surface area contributed by atoms with E-state index in [4.69, 9.17) is 24.3 Å². The van der Waals surface area contributed by atoms with E-state index in [1.54, 1.807) is 0 Å². The Morgan fingerprint density at radius 1 is 0.526 bits per heavy atom. The zero-order chi connectivity index (χ0) is 41.8. The largest absolute Gasteiger partial charge is 0.472 e. The molecule has 0 aromatic carbocycles. The minimum absolute atomic E-state index is 0.0320. The fraction of sp³-hybridized carbons (Fsp3) is 0.574. The summed E-state index contributed by atoms with van der Waals surface area (Å²) in [6, 6.07) is 0. The van der Waals surface area contributed by atoms with Crippen LogP contribution in [0.2, 0.25) is 0 Å². The molecule has 0 spiro atoms. The Balaban J connectivity index is 4.38. The molecule has 0 aliphatic heterocycles. The predicted molar refractivity (Wildman–Crippen MR) is 238 cm³/mol. The standard InChI is InChI=1S/C47H76NO8P/c1-3-5-7-9-11-13-15-17-19-21-22-24-25-27-29-31-33-35-37-39-46(49)53-43-45(44-55-57(51,52)54-42-41-48)56-47(50)40-38-36-34-32-30-28-26-23-20-18-16-14-12-10-8-6-4-2/h8,10-11,13-14,16-17,19-20,22-24,27-30,33,35,45H,3-7,9,12,15,18,21,25-26,31-32,34,36-44,48H2,1-2H3,(H,51,52)/b10-8+,13-11+,16-14+,19-17+,23-20+,24-22+,29-27+,30-28+,35-33+/t45-/m1/s1. The van der Waals surface area contributed by atoms with Crippen LogP contribution < -0.4 is 5.73 Å². The van der Waals surface area contributed by atoms with Gasteiger partial charge in [-0.25, -0.2) is 4.57 Å². The molecule has 0 radical (unpaired) electrons. The average Bonchev–Trinajstić information content (AvgIpc) is 3.20. The molecule has 1 unspecified atom stereocenters. The molecule has 0 aliphatic rings. The summed E-state index contributed by atoms with van der Waals surface area (Å²) in [5, 5.41) is 0. The van der Waals surface area contributed by atoms with Crippen molar-refractivity contribution in [2.24, 2.45) is 5.73 Å². The van der Waals surface area contributed by atoms with E-state index in [-0.39, 0.29) is 32.6 Å². The minimum Gasteiger partial charge on any atom is -0.462 e. The smallest absolute Gasteiger partial charge is 0.462 e. The number of phosphoric acid groups is 1. The molecule has 0 aliphatic carbocycles. The highest BCUT2D eigenvalue weighted by Crippen LogP contribution is 2.43. The molecule has 0 fully saturated rings. The van der Waals surface area contributed by atoms with E-state index in [1.807, 2.05) is 12.2 Å². The van der Waals surface area contributed by atoms with Crippen LogP contribution in [0, 0.1) is 0 Å². The van der Waals surface area contributed by atoms with Gasteiger partial charge in [0, 0.05) is 19.4 Å². The molecule has 0 rings (SSSR count). The van der Waals surface area contributed by atoms with Crippen LogP contribution in [0.25, 0.3) is 0 Å². The van der Waals surface area contributed by atoms with E-state index in [9.17, 15) is 19.0 Å². The Kier molecular flexibility index (Phi) is 39.8. The summed E-state index contributed by atoms with van der Waals surface area (Å²) < 4.78 is 32.6. The van der Waals surface area contributed by atoms with Gasteiger partial charge in [-0.15, -0.1) is 0 Å². The van der Waals surface area contributed by atoms with Crippen LogP contribution in [0.3, 0.4) is 0 Å². The number of hydrogen-bond acceptors (Lipinski definition) is 8. The number of carbonyl (C=O) groups excluding carboxylic acids is 2. The fourth-order valence-electron chi connectivity index (χ4n) is 4.96. The summed E-state index contributed by atoms with van der Waals surface area (Å²) >= 11 is 0. The van der Waals surface area contributed by atoms with Gasteiger partial charge in [-0.1, -0.05) is 149 Å². The summed E-state index contributed by atoms with van der Waals surface area (Å²) in [7, 11) is -4.41. The Morgan fingerprint density at radius 3 is 1.46 bits per heavy atom. The number of allylic oxidation sites excluding steroid dienone is 18. The van der Waals surface area contributed by atoms with Gasteiger partial charge in [-0.3, -0.25) is 18.6 Å². The highest BCUT2D eigenvalue weighted by molar-refractivity contribution is 7.47. The second-order valence-electron chi connectivity index (χ2n) is 13.5. The van der Waals surface area contributed by atoms with Crippen molar-refractivity contribution in [1.29, 1.82) is 0 Å². The van der Waals surface area contributed by atoms with Gasteiger partial charge in [0.25, 0.3) is 0 Å². The lowest BCUT2D eigenvalue weighted by Crippen LogP contribution is -2.29. The maximum absolute atomic E-state index is 12.6. The van der Waals surface area contributed by atoms with Gasteiger partial charge in [0.15, 0.2) is 6.10 Å². The quantitative estimate of drug-likeness (QED) is 0.0270. The van der Waals surface area contributed by atoms with Gasteiger partial charge in [0.2, 0.25) is 0 Å². The number of hydrogen-bond donors (Lipinski definition) is 2. The summed E-state index contributed by atoms with van der Waals surface area (Å²) in [4.78, 5) is 34.8. The topological polar surface area (TPSA) is 134 Å². The van der Waals surface area contributed by atoms with Gasteiger partial charge in [-0.05, 0) is 89.9 Å². The van der Waals surface area contributed by atoms with Gasteiger partial charge in [0.05, 0.1) is 13.2 Å². The first kappa shape index (κ1) is 53.7. The van der Waals surface area contributed by atoms with Crippen LogP contribution in [-0.2, 0) is 32.7 Å². The van der Waals surface area contributed by atoms with Gasteiger partial charge in [0.1, 0.15) is 6.61 Å². The number of unbranched alkanes of at least 4 members (excludes halogenated alkanes) is 7. The van der Waals surface area contributed by atoms with Crippen LogP contribution >= 0.6 is 7.82 Å². The molecule has 0 saturated heterocycles. The molecule has 2 atom stereocenters. The number of nitrogens with two attached hydrogens (primary N) is 1. The molecule has 0 heterocycles. The molecule has 0 aromatic rings. The molecule has 0 saturated carbocycles. The Morgan fingerprint density at radius 2 is 0.982 bits per heavy atom. The van der Waals surface area contributed by atoms with Crippen molar-refractivity contribution in [2.45, 2.75) is 148 Å². The number of phosphoric ester groups is 1. The minimum atomic E-state index is -4.41. The van der Waals surface area contributed by atoms with Crippen LogP contribution in [0.15, 0.2) is 109 Å². The van der Waals surface area contributed by atoms with Crippen molar-refractivity contribution in [3.63, 3.8) is 0 Å². The third-order valence-corrected chi connectivity index (χ3v) is 9.11. The number of esters is 2. The third-order valence-electron chi connectivity index (χ3n) is 8.13. The molecule has 0 amide bonds. The first-order valence-corrected chi connectivity index (χ1v) is 22.9. The SMILES string of the molecule is CCC/C=C/C/C=C/C/C=C/C/C=C/CCCCCC(=O)O[C@H](COC(=O)CC/C=C/C/C=C/C/C=C/C/C=C/C/C=C/CCCCC)COP(=O)(O)OCCN. The van der Waals surface area contributed by atoms with Crippen LogP contribution in [0.5, 0.6) is 0 Å². The van der Waals surface area contributed by atoms with Crippen molar-refractivity contribution in [1.82, 2.24) is 0 Å². The van der Waals surface area contributed by atoms with Gasteiger partial charge >= 0.3 is 19.8 Å². The third kappa shape index (κ3) is 42.1. The number of ether oxygens (including phenoxy) is 2. The monoisotopic (exact) mass is 814 g/mol. The Labute approximate surface area is 346 Å². The van der Waals surface area contributed by atoms with Crippen LogP contribution in [0.4, 0.5) is 0 Å². The van der Waals surface area contributed by atoms with Crippen molar-refractivity contribution in [3.05, 3.63) is 109 Å². The van der Waals surface area contributed by atoms with Gasteiger partial charge in [-0.2, -0.15) is 0 Å². The van der Waals surface area contributed by atoms with E-state index in [1.165, 1.54) is 32.1 Å². The highest BCUT2D eigenvalue weighted by atomic mass is 31.2.